The molecule has 0 atom stereocenters. The fourth-order valence-electron chi connectivity index (χ4n) is 2.34. The Kier molecular flexibility index (Phi) is 5.53. The maximum Gasteiger partial charge on any atom is 0.254 e. The number of benzene rings is 2. The summed E-state index contributed by atoms with van der Waals surface area (Å²) in [5.74, 6) is -0.900. The summed E-state index contributed by atoms with van der Waals surface area (Å²) in [5, 5.41) is 2.74. The van der Waals surface area contributed by atoms with Gasteiger partial charge in [-0.15, -0.1) is 0 Å². The van der Waals surface area contributed by atoms with Gasteiger partial charge >= 0.3 is 0 Å². The van der Waals surface area contributed by atoms with Gasteiger partial charge in [-0.25, -0.2) is 4.39 Å². The van der Waals surface area contributed by atoms with E-state index in [0.29, 0.717) is 6.54 Å². The molecular weight excluding hydrogens is 279 g/mol. The molecule has 0 aliphatic carbocycles. The Balaban J connectivity index is 1.97. The number of carbonyl (C=O) groups is 1. The third-order valence-corrected chi connectivity index (χ3v) is 3.64. The lowest BCUT2D eigenvalue weighted by Gasteiger charge is -2.21. The van der Waals surface area contributed by atoms with Crippen LogP contribution in [0.1, 0.15) is 29.8 Å². The van der Waals surface area contributed by atoms with E-state index in [1.807, 2.05) is 24.3 Å². The summed E-state index contributed by atoms with van der Waals surface area (Å²) in [6.45, 7) is 6.53. The molecule has 1 amide bonds. The van der Waals surface area contributed by atoms with E-state index >= 15 is 0 Å². The van der Waals surface area contributed by atoms with Crippen molar-refractivity contribution in [1.29, 1.82) is 0 Å². The lowest BCUT2D eigenvalue weighted by Crippen LogP contribution is -2.24. The SMILES string of the molecule is CCN(CC)c1ccc(CNC(=O)c2ccccc2F)cc1. The Morgan fingerprint density at radius 2 is 1.68 bits per heavy atom. The Morgan fingerprint density at radius 3 is 2.27 bits per heavy atom. The highest BCUT2D eigenvalue weighted by Gasteiger charge is 2.10. The Bertz CT molecular complexity index is 621. The first-order valence-electron chi connectivity index (χ1n) is 7.52. The van der Waals surface area contributed by atoms with E-state index in [1.165, 1.54) is 12.1 Å². The number of rotatable bonds is 6. The van der Waals surface area contributed by atoms with Gasteiger partial charge in [-0.2, -0.15) is 0 Å². The molecule has 0 saturated carbocycles. The van der Waals surface area contributed by atoms with Crippen molar-refractivity contribution in [2.24, 2.45) is 0 Å². The summed E-state index contributed by atoms with van der Waals surface area (Å²) in [4.78, 5) is 14.2. The van der Waals surface area contributed by atoms with Crippen LogP contribution in [0.25, 0.3) is 0 Å². The van der Waals surface area contributed by atoms with E-state index in [9.17, 15) is 9.18 Å². The average molecular weight is 300 g/mol. The number of carbonyl (C=O) groups excluding carboxylic acids is 1. The van der Waals surface area contributed by atoms with E-state index in [-0.39, 0.29) is 5.56 Å². The largest absolute Gasteiger partial charge is 0.372 e. The van der Waals surface area contributed by atoms with Crippen molar-refractivity contribution < 1.29 is 9.18 Å². The Hall–Kier alpha value is -2.36. The minimum absolute atomic E-state index is 0.0715. The van der Waals surface area contributed by atoms with Crippen molar-refractivity contribution in [3.8, 4) is 0 Å². The van der Waals surface area contributed by atoms with Crippen LogP contribution in [0.15, 0.2) is 48.5 Å². The monoisotopic (exact) mass is 300 g/mol. The number of hydrogen-bond acceptors (Lipinski definition) is 2. The summed E-state index contributed by atoms with van der Waals surface area (Å²) in [7, 11) is 0. The molecule has 0 aromatic heterocycles. The Morgan fingerprint density at radius 1 is 1.05 bits per heavy atom. The highest BCUT2D eigenvalue weighted by atomic mass is 19.1. The maximum absolute atomic E-state index is 13.5. The van der Waals surface area contributed by atoms with Gasteiger partial charge in [0, 0.05) is 25.3 Å². The van der Waals surface area contributed by atoms with Gasteiger partial charge in [-0.05, 0) is 43.7 Å². The van der Waals surface area contributed by atoms with E-state index in [4.69, 9.17) is 0 Å². The number of amides is 1. The van der Waals surface area contributed by atoms with Gasteiger partial charge in [-0.1, -0.05) is 24.3 Å². The third-order valence-electron chi connectivity index (χ3n) is 3.64. The smallest absolute Gasteiger partial charge is 0.254 e. The normalized spacial score (nSPS) is 10.3. The van der Waals surface area contributed by atoms with E-state index < -0.39 is 11.7 Å². The van der Waals surface area contributed by atoms with Gasteiger partial charge in [0.2, 0.25) is 0 Å². The van der Waals surface area contributed by atoms with Crippen molar-refractivity contribution >= 4 is 11.6 Å². The molecule has 0 aliphatic heterocycles. The zero-order chi connectivity index (χ0) is 15.9. The van der Waals surface area contributed by atoms with E-state index in [2.05, 4.69) is 24.1 Å². The standard InChI is InChI=1S/C18H21FN2O/c1-3-21(4-2)15-11-9-14(10-12-15)13-20-18(22)16-7-5-6-8-17(16)19/h5-12H,3-4,13H2,1-2H3,(H,20,22). The summed E-state index contributed by atoms with van der Waals surface area (Å²) < 4.78 is 13.5. The zero-order valence-corrected chi connectivity index (χ0v) is 13.0. The van der Waals surface area contributed by atoms with Gasteiger partial charge in [0.05, 0.1) is 5.56 Å². The van der Waals surface area contributed by atoms with E-state index in [0.717, 1.165) is 24.3 Å². The molecule has 0 heterocycles. The van der Waals surface area contributed by atoms with Crippen LogP contribution in [0, 0.1) is 5.82 Å². The van der Waals surface area contributed by atoms with E-state index in [1.54, 1.807) is 12.1 Å². The molecule has 0 saturated heterocycles. The van der Waals surface area contributed by atoms with Crippen LogP contribution >= 0.6 is 0 Å². The third kappa shape index (κ3) is 3.85. The van der Waals surface area contributed by atoms with Gasteiger partial charge in [0.25, 0.3) is 5.91 Å². The lowest BCUT2D eigenvalue weighted by molar-refractivity contribution is 0.0947. The van der Waals surface area contributed by atoms with Crippen molar-refractivity contribution in [1.82, 2.24) is 5.32 Å². The van der Waals surface area contributed by atoms with Crippen LogP contribution in [0.4, 0.5) is 10.1 Å². The first kappa shape index (κ1) is 16.0. The van der Waals surface area contributed by atoms with Gasteiger partial charge in [-0.3, -0.25) is 4.79 Å². The highest BCUT2D eigenvalue weighted by Crippen LogP contribution is 2.15. The molecular formula is C18H21FN2O. The summed E-state index contributed by atoms with van der Waals surface area (Å²) >= 11 is 0. The molecule has 2 aromatic carbocycles. The van der Waals surface area contributed by atoms with Crippen molar-refractivity contribution in [2.75, 3.05) is 18.0 Å². The minimum atomic E-state index is -0.503. The molecule has 2 rings (SSSR count). The first-order valence-corrected chi connectivity index (χ1v) is 7.52. The molecule has 0 radical (unpaired) electrons. The maximum atomic E-state index is 13.5. The number of nitrogens with one attached hydrogen (secondary N) is 1. The average Bonchev–Trinajstić information content (AvgIpc) is 2.55. The molecule has 0 bridgehead atoms. The summed E-state index contributed by atoms with van der Waals surface area (Å²) in [6.07, 6.45) is 0. The van der Waals surface area contributed by atoms with Gasteiger partial charge in [0.15, 0.2) is 0 Å². The van der Waals surface area contributed by atoms with Gasteiger partial charge in [0.1, 0.15) is 5.82 Å². The molecule has 116 valence electrons. The molecule has 3 nitrogen and oxygen atoms in total. The molecule has 1 N–H and O–H groups in total. The zero-order valence-electron chi connectivity index (χ0n) is 13.0. The quantitative estimate of drug-likeness (QED) is 0.884. The molecule has 2 aromatic rings. The van der Waals surface area contributed by atoms with Crippen LogP contribution in [-0.2, 0) is 6.54 Å². The number of anilines is 1. The minimum Gasteiger partial charge on any atom is -0.372 e. The van der Waals surface area contributed by atoms with Crippen molar-refractivity contribution in [3.05, 3.63) is 65.5 Å². The predicted molar refractivity (Wildman–Crippen MR) is 87.6 cm³/mol. The van der Waals surface area contributed by atoms with Gasteiger partial charge < -0.3 is 10.2 Å². The van der Waals surface area contributed by atoms with Crippen LogP contribution in [0.5, 0.6) is 0 Å². The van der Waals surface area contributed by atoms with Crippen LogP contribution in [-0.4, -0.2) is 19.0 Å². The highest BCUT2D eigenvalue weighted by molar-refractivity contribution is 5.94. The van der Waals surface area contributed by atoms with Crippen LogP contribution in [0.3, 0.4) is 0 Å². The Labute approximate surface area is 130 Å². The molecule has 22 heavy (non-hydrogen) atoms. The van der Waals surface area contributed by atoms with Crippen LogP contribution < -0.4 is 10.2 Å². The number of hydrogen-bond donors (Lipinski definition) is 1. The first-order chi connectivity index (χ1) is 10.7. The second-order valence-electron chi connectivity index (χ2n) is 5.00. The summed E-state index contributed by atoms with van der Waals surface area (Å²) in [5.41, 5.74) is 2.22. The second-order valence-corrected chi connectivity index (χ2v) is 5.00. The molecule has 0 fully saturated rings. The van der Waals surface area contributed by atoms with Crippen molar-refractivity contribution in [2.45, 2.75) is 20.4 Å². The molecule has 0 unspecified atom stereocenters. The van der Waals surface area contributed by atoms with Crippen LogP contribution in [0.2, 0.25) is 0 Å². The lowest BCUT2D eigenvalue weighted by atomic mass is 10.1. The predicted octanol–water partition coefficient (Wildman–Crippen LogP) is 3.60. The summed E-state index contributed by atoms with van der Waals surface area (Å²) in [6, 6.07) is 14.0. The molecule has 0 aliphatic rings. The number of halogens is 1. The second kappa shape index (κ2) is 7.59. The molecule has 0 spiro atoms. The van der Waals surface area contributed by atoms with Crippen molar-refractivity contribution in [3.63, 3.8) is 0 Å². The fourth-order valence-corrected chi connectivity index (χ4v) is 2.34. The topological polar surface area (TPSA) is 32.3 Å². The molecule has 4 heteroatoms. The number of nitrogens with zero attached hydrogens (tertiary/aromatic N) is 1. The fraction of sp³-hybridized carbons (Fsp3) is 0.278.